The quantitative estimate of drug-likeness (QED) is 0.0340. The van der Waals surface area contributed by atoms with Gasteiger partial charge in [0, 0.05) is 67.6 Å². The Morgan fingerprint density at radius 2 is 0.768 bits per heavy atom. The Kier molecular flexibility index (Phi) is 31.2. The van der Waals surface area contributed by atoms with Crippen LogP contribution in [-0.2, 0) is 30.1 Å². The molecule has 3 aromatic carbocycles. The van der Waals surface area contributed by atoms with Crippen molar-refractivity contribution < 1.29 is 93.8 Å². The summed E-state index contributed by atoms with van der Waals surface area (Å²) in [5, 5.41) is -0.928. The number of nitrogens with zero attached hydrogens (tertiary/aromatic N) is 7. The van der Waals surface area contributed by atoms with E-state index in [4.69, 9.17) is 23.7 Å². The Hall–Kier alpha value is -10.7. The first-order chi connectivity index (χ1) is 52.5. The summed E-state index contributed by atoms with van der Waals surface area (Å²) in [6.07, 6.45) is -1.43. The molecule has 9 aromatic rings. The predicted molar refractivity (Wildman–Crippen MR) is 427 cm³/mol. The highest BCUT2D eigenvalue weighted by Gasteiger charge is 2.29. The van der Waals surface area contributed by atoms with E-state index in [0.29, 0.717) is 89.7 Å². The number of ether oxygens (including phenoxy) is 5. The highest BCUT2D eigenvalue weighted by atomic mass is 32.2. The highest BCUT2D eigenvalue weighted by Crippen LogP contribution is 2.33. The first-order valence-electron chi connectivity index (χ1n) is 35.6. The zero-order valence-corrected chi connectivity index (χ0v) is 67.3. The number of halogens is 5. The van der Waals surface area contributed by atoms with Gasteiger partial charge in [0.2, 0.25) is 11.8 Å². The second-order valence-electron chi connectivity index (χ2n) is 28.9. The zero-order valence-electron chi connectivity index (χ0n) is 64.9. The fourth-order valence-electron chi connectivity index (χ4n) is 9.85. The zero-order chi connectivity index (χ0) is 82.6. The van der Waals surface area contributed by atoms with Crippen molar-refractivity contribution in [1.82, 2.24) is 44.1 Å². The number of aromatic nitrogens is 6. The van der Waals surface area contributed by atoms with Crippen LogP contribution in [0, 0.1) is 67.3 Å². The van der Waals surface area contributed by atoms with Crippen LogP contribution in [-0.4, -0.2) is 126 Å². The molecule has 24 nitrogen and oxygen atoms in total. The van der Waals surface area contributed by atoms with Gasteiger partial charge in [-0.15, -0.1) is 0 Å². The lowest BCUT2D eigenvalue weighted by atomic mass is 9.93. The van der Waals surface area contributed by atoms with Gasteiger partial charge in [-0.25, -0.2) is 66.0 Å². The second-order valence-corrected chi connectivity index (χ2v) is 33.8. The van der Waals surface area contributed by atoms with Gasteiger partial charge in [0.1, 0.15) is 51.6 Å². The minimum Gasteiger partial charge on any atom is -0.493 e. The maximum atomic E-state index is 14.4. The van der Waals surface area contributed by atoms with Crippen molar-refractivity contribution in [1.29, 1.82) is 0 Å². The summed E-state index contributed by atoms with van der Waals surface area (Å²) in [6, 6.07) is 34.1. The molecule has 612 valence electrons. The third-order valence-electron chi connectivity index (χ3n) is 15.5. The normalized spacial score (nSPS) is 11.7. The number of anilines is 1. The van der Waals surface area contributed by atoms with Crippen LogP contribution in [0.4, 0.5) is 27.8 Å². The molecule has 6 heterocycles. The van der Waals surface area contributed by atoms with Crippen LogP contribution in [0.5, 0.6) is 29.0 Å². The van der Waals surface area contributed by atoms with Crippen molar-refractivity contribution in [3.05, 3.63) is 197 Å². The molecule has 3 amide bonds. The number of aryl methyl sites for hydroxylation is 3. The van der Waals surface area contributed by atoms with Crippen molar-refractivity contribution in [2.75, 3.05) is 51.5 Å². The number of carbonyl (C=O) groups is 3. The van der Waals surface area contributed by atoms with Crippen LogP contribution >= 0.6 is 0 Å². The maximum Gasteiger partial charge on any atom is 0.281 e. The molecular formula is C80H105F5N10O14S3. The van der Waals surface area contributed by atoms with E-state index in [0.717, 1.165) is 4.90 Å². The molecule has 0 fully saturated rings. The Morgan fingerprint density at radius 3 is 1.09 bits per heavy atom. The van der Waals surface area contributed by atoms with Crippen LogP contribution in [0.2, 0.25) is 0 Å². The molecule has 32 heteroatoms. The van der Waals surface area contributed by atoms with Gasteiger partial charge in [0.15, 0.2) is 15.1 Å². The number of sulfonamides is 3. The molecule has 0 bridgehead atoms. The minimum absolute atomic E-state index is 0. The van der Waals surface area contributed by atoms with Crippen molar-refractivity contribution in [3.8, 4) is 62.8 Å². The number of alkyl halides is 2. The molecule has 0 spiro atoms. The Balaban J connectivity index is 0.000000863. The molecule has 0 saturated carbocycles. The van der Waals surface area contributed by atoms with E-state index in [1.165, 1.54) is 122 Å². The summed E-state index contributed by atoms with van der Waals surface area (Å²) >= 11 is 0. The lowest BCUT2D eigenvalue weighted by Gasteiger charge is -2.21. The largest absolute Gasteiger partial charge is 0.493 e. The van der Waals surface area contributed by atoms with Crippen LogP contribution < -0.4 is 42.8 Å². The van der Waals surface area contributed by atoms with E-state index in [1.807, 2.05) is 90.3 Å². The Bertz CT molecular complexity index is 5190. The summed E-state index contributed by atoms with van der Waals surface area (Å²) in [5.41, 5.74) is 2.92. The Labute approximate surface area is 659 Å². The number of benzene rings is 3. The van der Waals surface area contributed by atoms with E-state index in [1.54, 1.807) is 51.1 Å². The number of carbonyl (C=O) groups excluding carboxylic acids is 3. The van der Waals surface area contributed by atoms with Gasteiger partial charge in [0.25, 0.3) is 54.2 Å². The molecule has 0 atom stereocenters. The number of rotatable bonds is 31. The minimum atomic E-state index is -4.35. The first-order valence-corrected chi connectivity index (χ1v) is 40.1. The summed E-state index contributed by atoms with van der Waals surface area (Å²) in [5.74, 6) is -2.85. The van der Waals surface area contributed by atoms with Crippen LogP contribution in [0.3, 0.4) is 0 Å². The molecule has 0 aliphatic heterocycles. The monoisotopic (exact) mass is 1620 g/mol. The number of pyridine rings is 6. The third-order valence-corrected chi connectivity index (χ3v) is 19.2. The molecular weight excluding hydrogens is 1520 g/mol. The second kappa shape index (κ2) is 39.4. The summed E-state index contributed by atoms with van der Waals surface area (Å²) in [6.45, 7) is 27.8. The topological polar surface area (TPSA) is 316 Å². The van der Waals surface area contributed by atoms with Gasteiger partial charge in [-0.3, -0.25) is 14.4 Å². The Morgan fingerprint density at radius 1 is 0.438 bits per heavy atom. The number of amides is 3. The van der Waals surface area contributed by atoms with Crippen LogP contribution in [0.15, 0.2) is 161 Å². The number of hydrogen-bond acceptors (Lipinski definition) is 21. The summed E-state index contributed by atoms with van der Waals surface area (Å²) in [7, 11) is -11.5. The van der Waals surface area contributed by atoms with Gasteiger partial charge < -0.3 is 28.6 Å². The molecule has 3 N–H and O–H groups in total. The molecule has 0 radical (unpaired) electrons. The van der Waals surface area contributed by atoms with E-state index >= 15 is 0 Å². The third kappa shape index (κ3) is 27.3. The van der Waals surface area contributed by atoms with Gasteiger partial charge in [0.05, 0.1) is 62.2 Å². The van der Waals surface area contributed by atoms with E-state index in [9.17, 15) is 61.6 Å². The molecule has 0 aliphatic rings. The smallest absolute Gasteiger partial charge is 0.281 e. The molecule has 9 rings (SSSR count). The molecule has 0 saturated heterocycles. The van der Waals surface area contributed by atoms with Crippen LogP contribution in [0.25, 0.3) is 33.8 Å². The average Bonchev–Trinajstić information content (AvgIpc) is 0.803. The molecule has 0 aliphatic carbocycles. The van der Waals surface area contributed by atoms with Crippen LogP contribution in [0.1, 0.15) is 146 Å². The lowest BCUT2D eigenvalue weighted by molar-refractivity contribution is 0.0966. The predicted octanol–water partition coefficient (Wildman–Crippen LogP) is 16.7. The van der Waals surface area contributed by atoms with E-state index in [2.05, 4.69) is 29.9 Å². The van der Waals surface area contributed by atoms with E-state index in [-0.39, 0.29) is 111 Å². The van der Waals surface area contributed by atoms with Gasteiger partial charge in [-0.2, -0.15) is 25.3 Å². The molecule has 0 unspecified atom stereocenters. The average molecular weight is 1620 g/mol. The van der Waals surface area contributed by atoms with Crippen molar-refractivity contribution in [2.24, 2.45) is 29.1 Å². The number of nitrogens with one attached hydrogen (secondary N) is 3. The standard InChI is InChI=1S/C28H34FN3O5S.C27H32FN3O5S.C25H27F3N4O4S.6H2/c1-18(2)17-37-22-15-20(14-21(29)16-22)24-11-10-23(27(31-24)36-13-12-28(4,5)6)26(33)32-38(34,35)25-9-7-8-19(3)30-25;1-17(2)11-12-35-27-23(26(32)31-37(33,34)25-8-6-7-19(5)29-25)9-10-24(30-27)20-13-21(28)15-22(14-20)36-16-18(3)4;1-15(2)14-36-19-11-17(10-18(26)12-19)21-9-8-20(24(30-21)32(4)13-22(27)28)25(33)31-37(34,35)23-7-5-6-16(3)29-23;;;;;;/h7-11,14-16,18H,12-13,17H2,1-6H3,(H,32,33);6-10,13-15,17-18H,11-12,16H2,1-5H3,(H,31,32);5-12,15,22H,13-14H2,1-4H3,(H,31,33);6*1H. The van der Waals surface area contributed by atoms with Gasteiger partial charge in [-0.1, -0.05) is 94.4 Å². The lowest BCUT2D eigenvalue weighted by Crippen LogP contribution is -2.34. The van der Waals surface area contributed by atoms with Crippen molar-refractivity contribution >= 4 is 53.6 Å². The summed E-state index contributed by atoms with van der Waals surface area (Å²) in [4.78, 5) is 65.2. The van der Waals surface area contributed by atoms with Gasteiger partial charge in [-0.05, 0) is 172 Å². The van der Waals surface area contributed by atoms with Crippen molar-refractivity contribution in [2.45, 2.75) is 131 Å². The molecule has 112 heavy (non-hydrogen) atoms. The fourth-order valence-corrected chi connectivity index (χ4v) is 12.8. The van der Waals surface area contributed by atoms with E-state index < -0.39 is 78.2 Å². The van der Waals surface area contributed by atoms with Crippen molar-refractivity contribution in [3.63, 3.8) is 0 Å². The maximum absolute atomic E-state index is 14.4. The first kappa shape index (κ1) is 88.5. The number of hydrogen-bond donors (Lipinski definition) is 3. The van der Waals surface area contributed by atoms with Gasteiger partial charge >= 0.3 is 0 Å². The SMILES string of the molecule is Cc1cccc(S(=O)(=O)NC(=O)c2ccc(-c3cc(F)cc(OCC(C)C)c3)nc2N(C)CC(F)F)n1.Cc1cccc(S(=O)(=O)NC(=O)c2ccc(-c3cc(F)cc(OCC(C)C)c3)nc2OCCC(C)(C)C)n1.Cc1cccc(S(=O)(=O)NC(=O)c2ccc(-c3cc(F)cc(OCC(C)C)c3)nc2OCCC(C)C)n1.[HH].[HH].[HH].[HH].[HH].[HH]. The molecule has 6 aromatic heterocycles. The summed E-state index contributed by atoms with van der Waals surface area (Å²) < 4.78 is 180. The fraction of sp³-hybridized carbons (Fsp3) is 0.362. The highest BCUT2D eigenvalue weighted by molar-refractivity contribution is 7.90.